The lowest BCUT2D eigenvalue weighted by atomic mass is 9.96. The molecule has 4 aromatic rings. The van der Waals surface area contributed by atoms with E-state index in [1.165, 1.54) is 16.2 Å². The monoisotopic (exact) mass is 413 g/mol. The van der Waals surface area contributed by atoms with Gasteiger partial charge in [-0.25, -0.2) is 4.98 Å². The summed E-state index contributed by atoms with van der Waals surface area (Å²) in [6.45, 7) is 0. The molecular formula is C23H15N3O3S. The number of Topliss-reactive ketones (excluding diaryl/α,β-unsaturated/α-hetero) is 1. The zero-order chi connectivity index (χ0) is 20.7. The third-order valence-corrected chi connectivity index (χ3v) is 6.04. The van der Waals surface area contributed by atoms with E-state index in [1.807, 2.05) is 30.3 Å². The number of para-hydroxylation sites is 1. The Morgan fingerprint density at radius 2 is 1.63 bits per heavy atom. The van der Waals surface area contributed by atoms with E-state index in [4.69, 9.17) is 0 Å². The number of thiazole rings is 1. The van der Waals surface area contributed by atoms with Crippen LogP contribution in [-0.4, -0.2) is 26.8 Å². The first kappa shape index (κ1) is 18.2. The van der Waals surface area contributed by atoms with Crippen LogP contribution in [0.3, 0.4) is 0 Å². The number of aliphatic hydroxyl groups is 1. The minimum absolute atomic E-state index is 0.0386. The number of pyridine rings is 1. The Labute approximate surface area is 175 Å². The van der Waals surface area contributed by atoms with Crippen LogP contribution < -0.4 is 4.90 Å². The molecule has 1 N–H and O–H groups in total. The molecule has 2 aromatic carbocycles. The van der Waals surface area contributed by atoms with E-state index in [9.17, 15) is 14.7 Å². The van der Waals surface area contributed by atoms with Crippen LogP contribution in [0.2, 0.25) is 0 Å². The maximum absolute atomic E-state index is 13.1. The highest BCUT2D eigenvalue weighted by molar-refractivity contribution is 7.22. The number of anilines is 1. The highest BCUT2D eigenvalue weighted by Crippen LogP contribution is 2.44. The van der Waals surface area contributed by atoms with Gasteiger partial charge < -0.3 is 5.11 Å². The van der Waals surface area contributed by atoms with Crippen LogP contribution in [0, 0.1) is 0 Å². The summed E-state index contributed by atoms with van der Waals surface area (Å²) in [4.78, 5) is 36.1. The van der Waals surface area contributed by atoms with Crippen molar-refractivity contribution in [3.8, 4) is 0 Å². The number of carbonyl (C=O) groups is 2. The van der Waals surface area contributed by atoms with E-state index in [0.717, 1.165) is 10.2 Å². The lowest BCUT2D eigenvalue weighted by Crippen LogP contribution is -2.29. The topological polar surface area (TPSA) is 83.4 Å². The maximum atomic E-state index is 13.1. The van der Waals surface area contributed by atoms with Crippen molar-refractivity contribution >= 4 is 44.1 Å². The fourth-order valence-corrected chi connectivity index (χ4v) is 4.60. The molecule has 0 bridgehead atoms. The first-order chi connectivity index (χ1) is 14.6. The SMILES string of the molecule is O=C1C(=O)N(c2nc3ccccc3s2)C(c2ccncc2)/C1=C(\O)c1ccccc1. The van der Waals surface area contributed by atoms with Gasteiger partial charge in [0.15, 0.2) is 5.13 Å². The van der Waals surface area contributed by atoms with Crippen molar-refractivity contribution in [1.82, 2.24) is 9.97 Å². The average Bonchev–Trinajstić information content (AvgIpc) is 3.33. The molecule has 3 heterocycles. The second kappa shape index (κ2) is 7.20. The third kappa shape index (κ3) is 2.87. The molecule has 7 heteroatoms. The van der Waals surface area contributed by atoms with Crippen molar-refractivity contribution in [1.29, 1.82) is 0 Å². The minimum atomic E-state index is -0.797. The third-order valence-electron chi connectivity index (χ3n) is 5.00. The molecule has 146 valence electrons. The Balaban J connectivity index is 1.74. The zero-order valence-electron chi connectivity index (χ0n) is 15.6. The van der Waals surface area contributed by atoms with Crippen LogP contribution in [0.25, 0.3) is 16.0 Å². The molecular weight excluding hydrogens is 398 g/mol. The minimum Gasteiger partial charge on any atom is -0.507 e. The second-order valence-electron chi connectivity index (χ2n) is 6.78. The fraction of sp³-hybridized carbons (Fsp3) is 0.0435. The van der Waals surface area contributed by atoms with Gasteiger partial charge in [0.25, 0.3) is 5.78 Å². The second-order valence-corrected chi connectivity index (χ2v) is 7.79. The average molecular weight is 413 g/mol. The number of hydrogen-bond acceptors (Lipinski definition) is 6. The standard InChI is InChI=1S/C23H15N3O3S/c27-20(15-6-2-1-3-7-15)18-19(14-10-12-24-13-11-14)26(22(29)21(18)28)23-25-16-8-4-5-9-17(16)30-23/h1-13,19,27H/b20-18+. The number of nitrogens with zero attached hydrogens (tertiary/aromatic N) is 3. The van der Waals surface area contributed by atoms with Gasteiger partial charge in [0, 0.05) is 18.0 Å². The van der Waals surface area contributed by atoms with Gasteiger partial charge in [-0.1, -0.05) is 53.8 Å². The first-order valence-corrected chi connectivity index (χ1v) is 10.1. The number of benzene rings is 2. The van der Waals surface area contributed by atoms with E-state index in [-0.39, 0.29) is 11.3 Å². The van der Waals surface area contributed by atoms with Crippen LogP contribution in [0.15, 0.2) is 84.7 Å². The summed E-state index contributed by atoms with van der Waals surface area (Å²) in [5.74, 6) is -1.66. The van der Waals surface area contributed by atoms with Crippen molar-refractivity contribution < 1.29 is 14.7 Å². The number of ketones is 1. The van der Waals surface area contributed by atoms with Gasteiger partial charge in [0.2, 0.25) is 0 Å². The van der Waals surface area contributed by atoms with Gasteiger partial charge in [-0.15, -0.1) is 0 Å². The summed E-state index contributed by atoms with van der Waals surface area (Å²) in [6.07, 6.45) is 3.19. The molecule has 1 atom stereocenters. The molecule has 0 spiro atoms. The number of rotatable bonds is 3. The van der Waals surface area contributed by atoms with E-state index in [0.29, 0.717) is 16.3 Å². The van der Waals surface area contributed by atoms with Gasteiger partial charge in [0.1, 0.15) is 5.76 Å². The van der Waals surface area contributed by atoms with Gasteiger partial charge in [0.05, 0.1) is 21.8 Å². The molecule has 1 aliphatic heterocycles. The number of aliphatic hydroxyl groups excluding tert-OH is 1. The normalized spacial score (nSPS) is 18.3. The Morgan fingerprint density at radius 1 is 0.933 bits per heavy atom. The Bertz CT molecular complexity index is 1270. The molecule has 1 fully saturated rings. The molecule has 0 radical (unpaired) electrons. The molecule has 0 saturated carbocycles. The van der Waals surface area contributed by atoms with Crippen molar-refractivity contribution in [2.75, 3.05) is 4.90 Å². The van der Waals surface area contributed by atoms with E-state index < -0.39 is 17.7 Å². The van der Waals surface area contributed by atoms with E-state index in [1.54, 1.807) is 48.8 Å². The number of hydrogen-bond donors (Lipinski definition) is 1. The van der Waals surface area contributed by atoms with Gasteiger partial charge in [-0.3, -0.25) is 19.5 Å². The summed E-state index contributed by atoms with van der Waals surface area (Å²) in [5, 5.41) is 11.4. The van der Waals surface area contributed by atoms with E-state index in [2.05, 4.69) is 9.97 Å². The van der Waals surface area contributed by atoms with Gasteiger partial charge >= 0.3 is 5.91 Å². The Kier molecular flexibility index (Phi) is 4.37. The summed E-state index contributed by atoms with van der Waals surface area (Å²) < 4.78 is 0.908. The quantitative estimate of drug-likeness (QED) is 0.307. The summed E-state index contributed by atoms with van der Waals surface area (Å²) >= 11 is 1.33. The number of amides is 1. The Morgan fingerprint density at radius 3 is 2.37 bits per heavy atom. The largest absolute Gasteiger partial charge is 0.507 e. The predicted octanol–water partition coefficient (Wildman–Crippen LogP) is 4.32. The maximum Gasteiger partial charge on any atom is 0.301 e. The molecule has 0 aliphatic carbocycles. The van der Waals surface area contributed by atoms with Crippen LogP contribution >= 0.6 is 11.3 Å². The van der Waals surface area contributed by atoms with E-state index >= 15 is 0 Å². The number of aromatic nitrogens is 2. The predicted molar refractivity (Wildman–Crippen MR) is 115 cm³/mol. The highest BCUT2D eigenvalue weighted by atomic mass is 32.1. The molecule has 1 unspecified atom stereocenters. The number of fused-ring (bicyclic) bond motifs is 1. The van der Waals surface area contributed by atoms with Gasteiger partial charge in [-0.05, 0) is 29.8 Å². The fourth-order valence-electron chi connectivity index (χ4n) is 3.61. The molecule has 30 heavy (non-hydrogen) atoms. The first-order valence-electron chi connectivity index (χ1n) is 9.27. The van der Waals surface area contributed by atoms with Crippen molar-refractivity contribution in [2.45, 2.75) is 6.04 Å². The van der Waals surface area contributed by atoms with Crippen molar-refractivity contribution in [3.05, 3.63) is 95.8 Å². The van der Waals surface area contributed by atoms with Crippen LogP contribution in [0.4, 0.5) is 5.13 Å². The van der Waals surface area contributed by atoms with Crippen LogP contribution in [-0.2, 0) is 9.59 Å². The smallest absolute Gasteiger partial charge is 0.301 e. The molecule has 6 nitrogen and oxygen atoms in total. The van der Waals surface area contributed by atoms with Crippen molar-refractivity contribution in [3.63, 3.8) is 0 Å². The van der Waals surface area contributed by atoms with Gasteiger partial charge in [-0.2, -0.15) is 0 Å². The Hall–Kier alpha value is -3.84. The zero-order valence-corrected chi connectivity index (χ0v) is 16.4. The highest BCUT2D eigenvalue weighted by Gasteiger charge is 2.48. The molecule has 1 amide bonds. The lowest BCUT2D eigenvalue weighted by molar-refractivity contribution is -0.132. The number of carbonyl (C=O) groups excluding carboxylic acids is 2. The summed E-state index contributed by atoms with van der Waals surface area (Å²) in [7, 11) is 0. The summed E-state index contributed by atoms with van der Waals surface area (Å²) in [6, 6.07) is 18.9. The molecule has 1 aliphatic rings. The van der Waals surface area contributed by atoms with Crippen LogP contribution in [0.5, 0.6) is 0 Å². The molecule has 5 rings (SSSR count). The lowest BCUT2D eigenvalue weighted by Gasteiger charge is -2.22. The molecule has 2 aromatic heterocycles. The van der Waals surface area contributed by atoms with Crippen LogP contribution in [0.1, 0.15) is 17.2 Å². The van der Waals surface area contributed by atoms with Crippen molar-refractivity contribution in [2.24, 2.45) is 0 Å². The molecule has 1 saturated heterocycles. The summed E-state index contributed by atoms with van der Waals surface area (Å²) in [5.41, 5.74) is 1.92.